The number of hydrogen-bond donors (Lipinski definition) is 1. The summed E-state index contributed by atoms with van der Waals surface area (Å²) in [6.45, 7) is 3.49. The topological polar surface area (TPSA) is 46.3 Å². The molecule has 1 heterocycles. The molecule has 108 valence electrons. The molecular weight excluding hydrogens is 260 g/mol. The Morgan fingerprint density at radius 2 is 1.67 bits per heavy atom. The van der Waals surface area contributed by atoms with Gasteiger partial charge in [0.15, 0.2) is 0 Å². The van der Waals surface area contributed by atoms with Crippen LogP contribution in [0, 0.1) is 6.92 Å². The Hall–Kier alpha value is -2.29. The predicted molar refractivity (Wildman–Crippen MR) is 85.3 cm³/mol. The van der Waals surface area contributed by atoms with Crippen LogP contribution in [0.4, 0.5) is 5.69 Å². The molecule has 0 spiro atoms. The number of nitrogens with two attached hydrogens (primary N) is 1. The normalized spacial score (nSPS) is 14.4. The predicted octanol–water partition coefficient (Wildman–Crippen LogP) is 2.82. The summed E-state index contributed by atoms with van der Waals surface area (Å²) < 4.78 is 0. The van der Waals surface area contributed by atoms with E-state index in [0.29, 0.717) is 5.69 Å². The van der Waals surface area contributed by atoms with Crippen molar-refractivity contribution >= 4 is 11.6 Å². The second kappa shape index (κ2) is 5.60. The summed E-state index contributed by atoms with van der Waals surface area (Å²) in [7, 11) is 0. The first-order chi connectivity index (χ1) is 10.1. The first-order valence-electron chi connectivity index (χ1n) is 7.37. The fourth-order valence-corrected chi connectivity index (χ4v) is 2.91. The number of nitrogens with zero attached hydrogens (tertiary/aromatic N) is 1. The number of hydrogen-bond acceptors (Lipinski definition) is 2. The number of aryl methyl sites for hydroxylation is 1. The van der Waals surface area contributed by atoms with Gasteiger partial charge in [-0.15, -0.1) is 0 Å². The van der Waals surface area contributed by atoms with E-state index in [9.17, 15) is 4.79 Å². The maximum Gasteiger partial charge on any atom is 0.254 e. The summed E-state index contributed by atoms with van der Waals surface area (Å²) in [4.78, 5) is 14.7. The maximum absolute atomic E-state index is 12.7. The zero-order valence-corrected chi connectivity index (χ0v) is 12.3. The lowest BCUT2D eigenvalue weighted by Crippen LogP contribution is -2.33. The quantitative estimate of drug-likeness (QED) is 0.816. The van der Waals surface area contributed by atoms with Gasteiger partial charge in [-0.25, -0.2) is 0 Å². The molecule has 0 bridgehead atoms. The number of carbonyl (C=O) groups is 1. The SMILES string of the molecule is Cc1ccc(N)cc1C(=O)N1CCc2ccccc2CC1. The van der Waals surface area contributed by atoms with Gasteiger partial charge in [0.1, 0.15) is 0 Å². The Morgan fingerprint density at radius 3 is 2.29 bits per heavy atom. The van der Waals surface area contributed by atoms with Crippen LogP contribution in [-0.2, 0) is 12.8 Å². The summed E-state index contributed by atoms with van der Waals surface area (Å²) in [5.74, 6) is 0.0904. The molecule has 0 fully saturated rings. The third kappa shape index (κ3) is 2.77. The Labute approximate surface area is 125 Å². The van der Waals surface area contributed by atoms with Crippen LogP contribution in [0.1, 0.15) is 27.0 Å². The van der Waals surface area contributed by atoms with Crippen LogP contribution in [0.15, 0.2) is 42.5 Å². The summed E-state index contributed by atoms with van der Waals surface area (Å²) in [6.07, 6.45) is 1.84. The zero-order chi connectivity index (χ0) is 14.8. The lowest BCUT2D eigenvalue weighted by Gasteiger charge is -2.21. The maximum atomic E-state index is 12.7. The van der Waals surface area contributed by atoms with E-state index in [2.05, 4.69) is 24.3 Å². The number of amides is 1. The second-order valence-electron chi connectivity index (χ2n) is 5.64. The number of benzene rings is 2. The molecule has 0 unspecified atom stereocenters. The van der Waals surface area contributed by atoms with Crippen molar-refractivity contribution in [3.8, 4) is 0 Å². The zero-order valence-electron chi connectivity index (χ0n) is 12.3. The average Bonchev–Trinajstić information content (AvgIpc) is 2.71. The van der Waals surface area contributed by atoms with Gasteiger partial charge in [0.2, 0.25) is 0 Å². The van der Waals surface area contributed by atoms with Gasteiger partial charge in [0.05, 0.1) is 0 Å². The number of fused-ring (bicyclic) bond motifs is 1. The Balaban J connectivity index is 1.82. The molecule has 0 aliphatic carbocycles. The lowest BCUT2D eigenvalue weighted by atomic mass is 10.0. The molecule has 0 atom stereocenters. The van der Waals surface area contributed by atoms with Crippen LogP contribution in [-0.4, -0.2) is 23.9 Å². The largest absolute Gasteiger partial charge is 0.399 e. The fourth-order valence-electron chi connectivity index (χ4n) is 2.91. The van der Waals surface area contributed by atoms with Crippen LogP contribution in [0.5, 0.6) is 0 Å². The van der Waals surface area contributed by atoms with Crippen molar-refractivity contribution in [3.63, 3.8) is 0 Å². The lowest BCUT2D eigenvalue weighted by molar-refractivity contribution is 0.0762. The molecule has 0 saturated carbocycles. The van der Waals surface area contributed by atoms with Crippen molar-refractivity contribution in [2.24, 2.45) is 0 Å². The van der Waals surface area contributed by atoms with Gasteiger partial charge in [-0.1, -0.05) is 30.3 Å². The Morgan fingerprint density at radius 1 is 1.05 bits per heavy atom. The van der Waals surface area contributed by atoms with E-state index < -0.39 is 0 Å². The van der Waals surface area contributed by atoms with Crippen molar-refractivity contribution in [2.75, 3.05) is 18.8 Å². The summed E-state index contributed by atoms with van der Waals surface area (Å²) >= 11 is 0. The minimum atomic E-state index is 0.0904. The molecule has 0 radical (unpaired) electrons. The first-order valence-corrected chi connectivity index (χ1v) is 7.37. The van der Waals surface area contributed by atoms with Crippen LogP contribution in [0.25, 0.3) is 0 Å². The highest BCUT2D eigenvalue weighted by Gasteiger charge is 2.20. The van der Waals surface area contributed by atoms with Gasteiger partial charge in [0, 0.05) is 24.3 Å². The van der Waals surface area contributed by atoms with E-state index in [1.165, 1.54) is 11.1 Å². The van der Waals surface area contributed by atoms with E-state index in [4.69, 9.17) is 5.73 Å². The number of nitrogen functional groups attached to an aromatic ring is 1. The molecule has 2 aromatic carbocycles. The molecule has 3 nitrogen and oxygen atoms in total. The molecule has 1 amide bonds. The first kappa shape index (κ1) is 13.7. The molecule has 3 rings (SSSR count). The summed E-state index contributed by atoms with van der Waals surface area (Å²) in [5.41, 5.74) is 10.9. The molecule has 0 saturated heterocycles. The van der Waals surface area contributed by atoms with Crippen LogP contribution >= 0.6 is 0 Å². The Kier molecular flexibility index (Phi) is 3.65. The van der Waals surface area contributed by atoms with Crippen molar-refractivity contribution in [1.29, 1.82) is 0 Å². The minimum absolute atomic E-state index is 0.0904. The molecule has 2 aromatic rings. The third-order valence-corrected chi connectivity index (χ3v) is 4.20. The average molecular weight is 280 g/mol. The molecule has 1 aliphatic rings. The van der Waals surface area contributed by atoms with E-state index in [-0.39, 0.29) is 5.91 Å². The summed E-state index contributed by atoms with van der Waals surface area (Å²) in [6, 6.07) is 14.0. The van der Waals surface area contributed by atoms with Crippen molar-refractivity contribution in [3.05, 3.63) is 64.7 Å². The second-order valence-corrected chi connectivity index (χ2v) is 5.64. The molecule has 3 heteroatoms. The van der Waals surface area contributed by atoms with Crippen LogP contribution < -0.4 is 5.73 Å². The van der Waals surface area contributed by atoms with Crippen molar-refractivity contribution in [2.45, 2.75) is 19.8 Å². The smallest absolute Gasteiger partial charge is 0.254 e. The third-order valence-electron chi connectivity index (χ3n) is 4.20. The monoisotopic (exact) mass is 280 g/mol. The molecule has 0 aromatic heterocycles. The van der Waals surface area contributed by atoms with Crippen LogP contribution in [0.2, 0.25) is 0 Å². The van der Waals surface area contributed by atoms with Gasteiger partial charge < -0.3 is 10.6 Å². The standard InChI is InChI=1S/C18H20N2O/c1-13-6-7-16(19)12-17(13)18(21)20-10-8-14-4-2-3-5-15(14)9-11-20/h2-7,12H,8-11,19H2,1H3. The van der Waals surface area contributed by atoms with Gasteiger partial charge in [-0.2, -0.15) is 0 Å². The van der Waals surface area contributed by atoms with Gasteiger partial charge in [0.25, 0.3) is 5.91 Å². The van der Waals surface area contributed by atoms with Crippen molar-refractivity contribution < 1.29 is 4.79 Å². The number of carbonyl (C=O) groups excluding carboxylic acids is 1. The molecule has 1 aliphatic heterocycles. The molecule has 2 N–H and O–H groups in total. The highest BCUT2D eigenvalue weighted by molar-refractivity contribution is 5.96. The number of rotatable bonds is 1. The summed E-state index contributed by atoms with van der Waals surface area (Å²) in [5, 5.41) is 0. The van der Waals surface area contributed by atoms with Crippen molar-refractivity contribution in [1.82, 2.24) is 4.90 Å². The highest BCUT2D eigenvalue weighted by atomic mass is 16.2. The molecular formula is C18H20N2O. The number of anilines is 1. The van der Waals surface area contributed by atoms with Gasteiger partial charge in [-0.05, 0) is 48.6 Å². The van der Waals surface area contributed by atoms with E-state index in [0.717, 1.165) is 37.1 Å². The van der Waals surface area contributed by atoms with E-state index >= 15 is 0 Å². The van der Waals surface area contributed by atoms with E-state index in [1.54, 1.807) is 6.07 Å². The minimum Gasteiger partial charge on any atom is -0.399 e. The Bertz CT molecular complexity index is 652. The van der Waals surface area contributed by atoms with Gasteiger partial charge >= 0.3 is 0 Å². The highest BCUT2D eigenvalue weighted by Crippen LogP contribution is 2.19. The molecule has 21 heavy (non-hydrogen) atoms. The van der Waals surface area contributed by atoms with Gasteiger partial charge in [-0.3, -0.25) is 4.79 Å². The fraction of sp³-hybridized carbons (Fsp3) is 0.278. The van der Waals surface area contributed by atoms with E-state index in [1.807, 2.05) is 24.0 Å². The van der Waals surface area contributed by atoms with Crippen LogP contribution in [0.3, 0.4) is 0 Å².